The van der Waals surface area contributed by atoms with Crippen LogP contribution < -0.4 is 10.6 Å². The maximum absolute atomic E-state index is 12.4. The molecule has 0 aliphatic heterocycles. The maximum atomic E-state index is 12.4. The first kappa shape index (κ1) is 13.3. The summed E-state index contributed by atoms with van der Waals surface area (Å²) in [6, 6.07) is 8.29. The number of nitrogens with two attached hydrogens (primary N) is 1. The van der Waals surface area contributed by atoms with E-state index in [0.29, 0.717) is 5.69 Å². The molecule has 0 radical (unpaired) electrons. The van der Waals surface area contributed by atoms with Crippen LogP contribution in [0.2, 0.25) is 0 Å². The van der Waals surface area contributed by atoms with E-state index in [1.807, 2.05) is 0 Å². The lowest BCUT2D eigenvalue weighted by Crippen LogP contribution is -2.36. The lowest BCUT2D eigenvalue weighted by Gasteiger charge is -2.25. The third-order valence-corrected chi connectivity index (χ3v) is 2.14. The van der Waals surface area contributed by atoms with Crippen LogP contribution in [0.15, 0.2) is 30.3 Å². The highest BCUT2D eigenvalue weighted by Crippen LogP contribution is 2.21. The second-order valence-corrected chi connectivity index (χ2v) is 3.65. The molecule has 0 fully saturated rings. The average molecular weight is 245 g/mol. The Morgan fingerprint density at radius 3 is 2.29 bits per heavy atom. The predicted molar refractivity (Wildman–Crippen MR) is 61.2 cm³/mol. The lowest BCUT2D eigenvalue weighted by molar-refractivity contribution is -0.119. The molecule has 1 aromatic carbocycles. The highest BCUT2D eigenvalue weighted by Gasteiger charge is 2.30. The number of anilines is 1. The molecule has 0 aromatic heterocycles. The third kappa shape index (κ3) is 5.24. The Labute approximate surface area is 97.5 Å². The topological polar surface area (TPSA) is 53.1 Å². The van der Waals surface area contributed by atoms with Crippen LogP contribution in [0.25, 0.3) is 0 Å². The first-order valence-corrected chi connectivity index (χ1v) is 5.08. The summed E-state index contributed by atoms with van der Waals surface area (Å²) in [6.07, 6.45) is -4.16. The number of hydrogen-bond donors (Lipinski definition) is 2. The van der Waals surface area contributed by atoms with Crippen LogP contribution in [0.4, 0.5) is 18.9 Å². The molecule has 3 N–H and O–H groups in total. The van der Waals surface area contributed by atoms with Gasteiger partial charge in [-0.2, -0.15) is 13.2 Å². The van der Waals surface area contributed by atoms with Gasteiger partial charge in [-0.25, -0.2) is 0 Å². The van der Waals surface area contributed by atoms with Crippen molar-refractivity contribution in [2.45, 2.75) is 12.6 Å². The summed E-state index contributed by atoms with van der Waals surface area (Å²) in [7, 11) is 0. The van der Waals surface area contributed by atoms with E-state index in [2.05, 4.69) is 0 Å². The summed E-state index contributed by atoms with van der Waals surface area (Å²) >= 11 is 0. The van der Waals surface area contributed by atoms with Gasteiger partial charge < -0.3 is 10.6 Å². The summed E-state index contributed by atoms with van der Waals surface area (Å²) in [5.74, 6) is -0.117. The van der Waals surface area contributed by atoms with E-state index >= 15 is 0 Å². The number of alkyl halides is 3. The zero-order chi connectivity index (χ0) is 12.9. The van der Waals surface area contributed by atoms with Gasteiger partial charge in [0, 0.05) is 18.7 Å². The van der Waals surface area contributed by atoms with E-state index in [1.165, 1.54) is 4.90 Å². The normalized spacial score (nSPS) is 11.2. The Hall–Kier alpha value is -1.72. The fourth-order valence-corrected chi connectivity index (χ4v) is 1.41. The number of rotatable bonds is 5. The van der Waals surface area contributed by atoms with E-state index < -0.39 is 12.7 Å². The number of halogens is 3. The average Bonchev–Trinajstić information content (AvgIpc) is 2.24. The Morgan fingerprint density at radius 2 is 1.82 bits per heavy atom. The molecule has 0 amide bonds. The minimum Gasteiger partial charge on any atom is -0.388 e. The molecule has 0 unspecified atom stereocenters. The summed E-state index contributed by atoms with van der Waals surface area (Å²) in [5.41, 5.74) is 5.64. The van der Waals surface area contributed by atoms with Gasteiger partial charge in [-0.3, -0.25) is 5.41 Å². The van der Waals surface area contributed by atoms with E-state index in [-0.39, 0.29) is 18.8 Å². The van der Waals surface area contributed by atoms with Crippen molar-refractivity contribution < 1.29 is 13.2 Å². The molecule has 0 aliphatic rings. The van der Waals surface area contributed by atoms with E-state index in [9.17, 15) is 13.2 Å². The predicted octanol–water partition coefficient (Wildman–Crippen LogP) is 2.38. The molecular weight excluding hydrogens is 231 g/mol. The summed E-state index contributed by atoms with van der Waals surface area (Å²) in [4.78, 5) is 1.17. The molecule has 0 bridgehead atoms. The fraction of sp³-hybridized carbons (Fsp3) is 0.364. The van der Waals surface area contributed by atoms with Gasteiger partial charge in [0.1, 0.15) is 6.54 Å². The summed E-state index contributed by atoms with van der Waals surface area (Å²) < 4.78 is 37.2. The summed E-state index contributed by atoms with van der Waals surface area (Å²) in [6.45, 7) is -0.955. The van der Waals surface area contributed by atoms with Crippen LogP contribution >= 0.6 is 0 Å². The number of hydrogen-bond acceptors (Lipinski definition) is 2. The van der Waals surface area contributed by atoms with Crippen LogP contribution in [-0.2, 0) is 0 Å². The molecule has 1 rings (SSSR count). The largest absolute Gasteiger partial charge is 0.405 e. The van der Waals surface area contributed by atoms with Crippen LogP contribution in [0, 0.1) is 5.41 Å². The number of amidine groups is 1. The first-order chi connectivity index (χ1) is 7.88. The molecular formula is C11H14F3N3. The van der Waals surface area contributed by atoms with E-state index in [0.717, 1.165) is 0 Å². The van der Waals surface area contributed by atoms with Gasteiger partial charge >= 0.3 is 6.18 Å². The van der Waals surface area contributed by atoms with Gasteiger partial charge in [-0.05, 0) is 12.1 Å². The van der Waals surface area contributed by atoms with Crippen LogP contribution in [0.3, 0.4) is 0 Å². The molecule has 3 nitrogen and oxygen atoms in total. The molecule has 0 aliphatic carbocycles. The van der Waals surface area contributed by atoms with E-state index in [4.69, 9.17) is 11.1 Å². The maximum Gasteiger partial charge on any atom is 0.405 e. The van der Waals surface area contributed by atoms with E-state index in [1.54, 1.807) is 30.3 Å². The van der Waals surface area contributed by atoms with Crippen molar-refractivity contribution in [3.05, 3.63) is 30.3 Å². The molecule has 0 atom stereocenters. The van der Waals surface area contributed by atoms with Gasteiger partial charge in [-0.1, -0.05) is 18.2 Å². The third-order valence-electron chi connectivity index (χ3n) is 2.14. The van der Waals surface area contributed by atoms with Crippen molar-refractivity contribution in [1.82, 2.24) is 0 Å². The van der Waals surface area contributed by atoms with Crippen molar-refractivity contribution in [2.24, 2.45) is 5.73 Å². The smallest absolute Gasteiger partial charge is 0.388 e. The second kappa shape index (κ2) is 5.56. The molecule has 0 heterocycles. The minimum atomic E-state index is -4.27. The van der Waals surface area contributed by atoms with Crippen molar-refractivity contribution in [3.8, 4) is 0 Å². The fourth-order valence-electron chi connectivity index (χ4n) is 1.41. The zero-order valence-corrected chi connectivity index (χ0v) is 9.17. The van der Waals surface area contributed by atoms with Gasteiger partial charge in [0.05, 0.1) is 5.84 Å². The van der Waals surface area contributed by atoms with Crippen LogP contribution in [0.5, 0.6) is 0 Å². The van der Waals surface area contributed by atoms with Crippen molar-refractivity contribution in [3.63, 3.8) is 0 Å². The highest BCUT2D eigenvalue weighted by molar-refractivity contribution is 5.77. The van der Waals surface area contributed by atoms with Crippen LogP contribution in [0.1, 0.15) is 6.42 Å². The van der Waals surface area contributed by atoms with Crippen molar-refractivity contribution >= 4 is 11.5 Å². The molecule has 0 saturated heterocycles. The number of nitrogens with one attached hydrogen (secondary N) is 1. The van der Waals surface area contributed by atoms with Gasteiger partial charge in [0.25, 0.3) is 0 Å². The Kier molecular flexibility index (Phi) is 4.37. The second-order valence-electron chi connectivity index (χ2n) is 3.65. The highest BCUT2D eigenvalue weighted by atomic mass is 19.4. The Balaban J connectivity index is 2.75. The monoisotopic (exact) mass is 245 g/mol. The summed E-state index contributed by atoms with van der Waals surface area (Å²) in [5, 5.41) is 7.05. The Morgan fingerprint density at radius 1 is 1.24 bits per heavy atom. The minimum absolute atomic E-state index is 0.0822. The quantitative estimate of drug-likeness (QED) is 0.618. The standard InChI is InChI=1S/C11H14F3N3/c12-11(13,14)8-17(7-6-10(15)16)9-4-2-1-3-5-9/h1-5H,6-8H2,(H3,15,16). The van der Waals surface area contributed by atoms with Gasteiger partial charge in [0.15, 0.2) is 0 Å². The Bertz CT molecular complexity index is 362. The van der Waals surface area contributed by atoms with Gasteiger partial charge in [0.2, 0.25) is 0 Å². The molecule has 94 valence electrons. The molecule has 0 spiro atoms. The lowest BCUT2D eigenvalue weighted by atomic mass is 10.2. The molecule has 17 heavy (non-hydrogen) atoms. The van der Waals surface area contributed by atoms with Gasteiger partial charge in [-0.15, -0.1) is 0 Å². The molecule has 0 saturated carbocycles. The molecule has 1 aromatic rings. The number of nitrogens with zero attached hydrogens (tertiary/aromatic N) is 1. The van der Waals surface area contributed by atoms with Crippen molar-refractivity contribution in [2.75, 3.05) is 18.0 Å². The number of para-hydroxylation sites is 1. The molecule has 6 heteroatoms. The number of benzene rings is 1. The first-order valence-electron chi connectivity index (χ1n) is 5.08. The zero-order valence-electron chi connectivity index (χ0n) is 9.17. The SMILES string of the molecule is N=C(N)CCN(CC(F)(F)F)c1ccccc1. The van der Waals surface area contributed by atoms with Crippen LogP contribution in [-0.4, -0.2) is 25.1 Å². The van der Waals surface area contributed by atoms with Crippen molar-refractivity contribution in [1.29, 1.82) is 5.41 Å².